The SMILES string of the molecule is Cc1ccnc(N2CCC[C@@H](C(=O)N3CCN(c4cccc(C(F)(F)F)c4)CC3)C2)n1. The summed E-state index contributed by atoms with van der Waals surface area (Å²) in [4.78, 5) is 27.8. The minimum Gasteiger partial charge on any atom is -0.368 e. The third-order valence-corrected chi connectivity index (χ3v) is 5.97. The van der Waals surface area contributed by atoms with Gasteiger partial charge in [-0.3, -0.25) is 4.79 Å². The van der Waals surface area contributed by atoms with Crippen LogP contribution in [0.15, 0.2) is 36.5 Å². The van der Waals surface area contributed by atoms with Gasteiger partial charge in [0.1, 0.15) is 0 Å². The molecule has 1 atom stereocenters. The van der Waals surface area contributed by atoms with E-state index in [1.165, 1.54) is 12.1 Å². The summed E-state index contributed by atoms with van der Waals surface area (Å²) in [6.07, 6.45) is -0.898. The van der Waals surface area contributed by atoms with Crippen LogP contribution < -0.4 is 9.80 Å². The molecular weight excluding hydrogens is 407 g/mol. The zero-order valence-corrected chi connectivity index (χ0v) is 17.5. The summed E-state index contributed by atoms with van der Waals surface area (Å²) in [5, 5.41) is 0. The molecule has 2 aliphatic rings. The molecule has 6 nitrogen and oxygen atoms in total. The molecular formula is C22H26F3N5O. The van der Waals surface area contributed by atoms with Gasteiger partial charge in [-0.05, 0) is 44.0 Å². The third kappa shape index (κ3) is 4.91. The molecule has 166 valence electrons. The van der Waals surface area contributed by atoms with Gasteiger partial charge >= 0.3 is 6.18 Å². The number of anilines is 2. The molecule has 0 radical (unpaired) electrons. The Kier molecular flexibility index (Phi) is 6.02. The van der Waals surface area contributed by atoms with Gasteiger partial charge in [-0.1, -0.05) is 6.07 Å². The second-order valence-electron chi connectivity index (χ2n) is 8.14. The molecule has 0 bridgehead atoms. The van der Waals surface area contributed by atoms with Gasteiger partial charge < -0.3 is 14.7 Å². The second kappa shape index (κ2) is 8.72. The number of carbonyl (C=O) groups is 1. The monoisotopic (exact) mass is 433 g/mol. The van der Waals surface area contributed by atoms with E-state index in [2.05, 4.69) is 14.9 Å². The quantitative estimate of drug-likeness (QED) is 0.743. The van der Waals surface area contributed by atoms with Crippen LogP contribution in [-0.2, 0) is 11.0 Å². The predicted molar refractivity (Wildman–Crippen MR) is 112 cm³/mol. The number of piperidine rings is 1. The molecule has 2 fully saturated rings. The second-order valence-corrected chi connectivity index (χ2v) is 8.14. The number of aromatic nitrogens is 2. The topological polar surface area (TPSA) is 52.6 Å². The van der Waals surface area contributed by atoms with E-state index >= 15 is 0 Å². The lowest BCUT2D eigenvalue weighted by Gasteiger charge is -2.39. The first-order valence-electron chi connectivity index (χ1n) is 10.6. The van der Waals surface area contributed by atoms with E-state index in [1.807, 2.05) is 22.8 Å². The van der Waals surface area contributed by atoms with Gasteiger partial charge in [-0.15, -0.1) is 0 Å². The normalized spacial score (nSPS) is 20.1. The van der Waals surface area contributed by atoms with Crippen molar-refractivity contribution in [1.82, 2.24) is 14.9 Å². The molecule has 2 aliphatic heterocycles. The summed E-state index contributed by atoms with van der Waals surface area (Å²) in [6.45, 7) is 5.39. The first kappa shape index (κ1) is 21.4. The summed E-state index contributed by atoms with van der Waals surface area (Å²) in [5.74, 6) is 0.658. The number of aryl methyl sites for hydroxylation is 1. The van der Waals surface area contributed by atoms with E-state index in [4.69, 9.17) is 0 Å². The van der Waals surface area contributed by atoms with Crippen molar-refractivity contribution < 1.29 is 18.0 Å². The molecule has 1 aromatic heterocycles. The summed E-state index contributed by atoms with van der Waals surface area (Å²) in [7, 11) is 0. The number of amides is 1. The Hall–Kier alpha value is -2.84. The van der Waals surface area contributed by atoms with Crippen LogP contribution in [0.1, 0.15) is 24.1 Å². The Morgan fingerprint density at radius 3 is 2.55 bits per heavy atom. The van der Waals surface area contributed by atoms with Gasteiger partial charge in [0.15, 0.2) is 0 Å². The van der Waals surface area contributed by atoms with Crippen molar-refractivity contribution >= 4 is 17.5 Å². The first-order valence-corrected chi connectivity index (χ1v) is 10.6. The molecule has 4 rings (SSSR count). The minimum absolute atomic E-state index is 0.112. The van der Waals surface area contributed by atoms with Crippen LogP contribution in [0.25, 0.3) is 0 Å². The Labute approximate surface area is 179 Å². The average molecular weight is 433 g/mol. The fraction of sp³-hybridized carbons (Fsp3) is 0.500. The third-order valence-electron chi connectivity index (χ3n) is 5.97. The molecule has 0 N–H and O–H groups in total. The van der Waals surface area contributed by atoms with Crippen molar-refractivity contribution in [2.24, 2.45) is 5.92 Å². The van der Waals surface area contributed by atoms with Gasteiger partial charge in [0.05, 0.1) is 11.5 Å². The summed E-state index contributed by atoms with van der Waals surface area (Å²) < 4.78 is 39.0. The maximum atomic E-state index is 13.1. The molecule has 1 amide bonds. The zero-order valence-electron chi connectivity index (χ0n) is 17.5. The molecule has 2 aromatic rings. The number of carbonyl (C=O) groups excluding carboxylic acids is 1. The Balaban J connectivity index is 1.36. The number of hydrogen-bond donors (Lipinski definition) is 0. The van der Waals surface area contributed by atoms with Crippen molar-refractivity contribution in [3.05, 3.63) is 47.8 Å². The van der Waals surface area contributed by atoms with Gasteiger partial charge in [0, 0.05) is 56.8 Å². The van der Waals surface area contributed by atoms with E-state index in [1.54, 1.807) is 12.3 Å². The number of alkyl halides is 3. The smallest absolute Gasteiger partial charge is 0.368 e. The molecule has 0 aliphatic carbocycles. The fourth-order valence-corrected chi connectivity index (χ4v) is 4.27. The number of piperazine rings is 1. The Bertz CT molecular complexity index is 927. The lowest BCUT2D eigenvalue weighted by atomic mass is 9.96. The van der Waals surface area contributed by atoms with Gasteiger partial charge in [-0.25, -0.2) is 9.97 Å². The summed E-state index contributed by atoms with van der Waals surface area (Å²) in [6, 6.07) is 7.22. The van der Waals surface area contributed by atoms with Crippen molar-refractivity contribution in [1.29, 1.82) is 0 Å². The number of nitrogens with zero attached hydrogens (tertiary/aromatic N) is 5. The van der Waals surface area contributed by atoms with Crippen LogP contribution >= 0.6 is 0 Å². The van der Waals surface area contributed by atoms with Crippen molar-refractivity contribution in [2.75, 3.05) is 49.1 Å². The minimum atomic E-state index is -4.36. The van der Waals surface area contributed by atoms with Gasteiger partial charge in [0.25, 0.3) is 0 Å². The van der Waals surface area contributed by atoms with Crippen molar-refractivity contribution in [3.63, 3.8) is 0 Å². The van der Waals surface area contributed by atoms with Crippen molar-refractivity contribution in [2.45, 2.75) is 25.9 Å². The molecule has 0 unspecified atom stereocenters. The fourth-order valence-electron chi connectivity index (χ4n) is 4.27. The highest BCUT2D eigenvalue weighted by atomic mass is 19.4. The van der Waals surface area contributed by atoms with E-state index in [0.29, 0.717) is 44.4 Å². The van der Waals surface area contributed by atoms with Crippen LogP contribution in [-0.4, -0.2) is 60.0 Å². The van der Waals surface area contributed by atoms with Gasteiger partial charge in [-0.2, -0.15) is 13.2 Å². The number of benzene rings is 1. The van der Waals surface area contributed by atoms with Crippen LogP contribution in [0.4, 0.5) is 24.8 Å². The van der Waals surface area contributed by atoms with Crippen LogP contribution in [0.3, 0.4) is 0 Å². The molecule has 9 heteroatoms. The van der Waals surface area contributed by atoms with E-state index in [0.717, 1.165) is 31.1 Å². The van der Waals surface area contributed by atoms with E-state index in [-0.39, 0.29) is 11.8 Å². The van der Waals surface area contributed by atoms with Gasteiger partial charge in [0.2, 0.25) is 11.9 Å². The maximum Gasteiger partial charge on any atom is 0.416 e. The standard InChI is InChI=1S/C22H26F3N5O/c1-16-7-8-26-21(27-16)30-9-3-4-17(15-30)20(31)29-12-10-28(11-13-29)19-6-2-5-18(14-19)22(23,24)25/h2,5-8,14,17H,3-4,9-13,15H2,1H3/t17-/m1/s1. The zero-order chi connectivity index (χ0) is 22.0. The van der Waals surface area contributed by atoms with Crippen LogP contribution in [0, 0.1) is 12.8 Å². The van der Waals surface area contributed by atoms with Crippen LogP contribution in [0.2, 0.25) is 0 Å². The Morgan fingerprint density at radius 2 is 1.84 bits per heavy atom. The molecule has 2 saturated heterocycles. The highest BCUT2D eigenvalue weighted by Crippen LogP contribution is 2.32. The highest BCUT2D eigenvalue weighted by Gasteiger charge is 2.33. The highest BCUT2D eigenvalue weighted by molar-refractivity contribution is 5.80. The van der Waals surface area contributed by atoms with E-state index in [9.17, 15) is 18.0 Å². The molecule has 0 spiro atoms. The lowest BCUT2D eigenvalue weighted by Crippen LogP contribution is -2.52. The number of rotatable bonds is 3. The summed E-state index contributed by atoms with van der Waals surface area (Å²) >= 11 is 0. The molecule has 0 saturated carbocycles. The Morgan fingerprint density at radius 1 is 1.06 bits per heavy atom. The van der Waals surface area contributed by atoms with Crippen LogP contribution in [0.5, 0.6) is 0 Å². The lowest BCUT2D eigenvalue weighted by molar-refractivity contribution is -0.137. The van der Waals surface area contributed by atoms with E-state index < -0.39 is 11.7 Å². The maximum absolute atomic E-state index is 13.1. The average Bonchev–Trinajstić information content (AvgIpc) is 2.78. The largest absolute Gasteiger partial charge is 0.416 e. The molecule has 3 heterocycles. The predicted octanol–water partition coefficient (Wildman–Crippen LogP) is 3.37. The molecule has 1 aromatic carbocycles. The first-order chi connectivity index (χ1) is 14.8. The number of halogens is 3. The summed E-state index contributed by atoms with van der Waals surface area (Å²) in [5.41, 5.74) is 0.788. The molecule has 31 heavy (non-hydrogen) atoms. The number of hydrogen-bond acceptors (Lipinski definition) is 5. The van der Waals surface area contributed by atoms with Crippen molar-refractivity contribution in [3.8, 4) is 0 Å².